The molecule has 178 valence electrons. The number of anilines is 1. The molecule has 2 heterocycles. The Hall–Kier alpha value is -3.68. The Morgan fingerprint density at radius 2 is 1.74 bits per heavy atom. The number of nitrogens with zero attached hydrogens (tertiary/aromatic N) is 4. The van der Waals surface area contributed by atoms with Gasteiger partial charge in [0.05, 0.1) is 0 Å². The van der Waals surface area contributed by atoms with Crippen LogP contribution in [-0.4, -0.2) is 58.6 Å². The summed E-state index contributed by atoms with van der Waals surface area (Å²) in [6.45, 7) is 4.05. The number of benzene rings is 2. The number of hydrogen-bond acceptors (Lipinski definition) is 5. The fourth-order valence-corrected chi connectivity index (χ4v) is 3.98. The molecular weight excluding hydrogens is 430 g/mol. The quantitative estimate of drug-likeness (QED) is 0.571. The topological polar surface area (TPSA) is 91.6 Å². The third-order valence-corrected chi connectivity index (χ3v) is 6.14. The van der Waals surface area contributed by atoms with E-state index in [1.165, 1.54) is 12.8 Å². The van der Waals surface area contributed by atoms with Crippen LogP contribution in [-0.2, 0) is 6.42 Å². The Kier molecular flexibility index (Phi) is 7.57. The van der Waals surface area contributed by atoms with Crippen LogP contribution >= 0.6 is 0 Å². The average Bonchev–Trinajstić information content (AvgIpc) is 3.16. The van der Waals surface area contributed by atoms with Crippen molar-refractivity contribution in [3.05, 3.63) is 65.5 Å². The van der Waals surface area contributed by atoms with Crippen molar-refractivity contribution in [3.8, 4) is 11.5 Å². The number of hydrogen-bond donors (Lipinski definition) is 1. The lowest BCUT2D eigenvalue weighted by molar-refractivity contribution is 0.0761. The van der Waals surface area contributed by atoms with Crippen molar-refractivity contribution < 1.29 is 14.1 Å². The molecular formula is C26H31N5O3. The number of rotatable bonds is 6. The van der Waals surface area contributed by atoms with Crippen molar-refractivity contribution in [1.82, 2.24) is 19.9 Å². The molecule has 8 nitrogen and oxygen atoms in total. The number of aromatic nitrogens is 2. The zero-order valence-electron chi connectivity index (χ0n) is 19.8. The number of amides is 3. The second kappa shape index (κ2) is 11.0. The molecule has 1 N–H and O–H groups in total. The molecule has 1 aromatic heterocycles. The van der Waals surface area contributed by atoms with Gasteiger partial charge in [0.25, 0.3) is 11.8 Å². The smallest absolute Gasteiger partial charge is 0.321 e. The molecule has 1 saturated heterocycles. The van der Waals surface area contributed by atoms with E-state index in [2.05, 4.69) is 15.5 Å². The van der Waals surface area contributed by atoms with Gasteiger partial charge in [-0.2, -0.15) is 4.98 Å². The maximum absolute atomic E-state index is 12.8. The van der Waals surface area contributed by atoms with E-state index < -0.39 is 0 Å². The Morgan fingerprint density at radius 1 is 1.03 bits per heavy atom. The first-order chi connectivity index (χ1) is 16.5. The van der Waals surface area contributed by atoms with Crippen molar-refractivity contribution in [2.75, 3.05) is 32.0 Å². The van der Waals surface area contributed by atoms with Gasteiger partial charge in [-0.3, -0.25) is 4.79 Å². The molecule has 0 radical (unpaired) electrons. The Balaban J connectivity index is 1.31. The summed E-state index contributed by atoms with van der Waals surface area (Å²) in [5.74, 6) is 0.998. The molecule has 0 atom stereocenters. The van der Waals surface area contributed by atoms with Crippen molar-refractivity contribution >= 4 is 17.6 Å². The molecule has 0 spiro atoms. The summed E-state index contributed by atoms with van der Waals surface area (Å²) in [4.78, 5) is 33.2. The van der Waals surface area contributed by atoms with Crippen LogP contribution in [0.3, 0.4) is 0 Å². The highest BCUT2D eigenvalue weighted by molar-refractivity contribution is 5.94. The van der Waals surface area contributed by atoms with E-state index in [9.17, 15) is 9.59 Å². The molecule has 0 bridgehead atoms. The molecule has 1 aliphatic heterocycles. The Morgan fingerprint density at radius 3 is 2.44 bits per heavy atom. The average molecular weight is 462 g/mol. The molecule has 0 saturated carbocycles. The number of carbonyl (C=O) groups is 2. The molecule has 3 aromatic rings. The van der Waals surface area contributed by atoms with E-state index >= 15 is 0 Å². The molecule has 34 heavy (non-hydrogen) atoms. The lowest BCUT2D eigenvalue weighted by Crippen LogP contribution is -2.33. The summed E-state index contributed by atoms with van der Waals surface area (Å²) in [5, 5.41) is 6.95. The summed E-state index contributed by atoms with van der Waals surface area (Å²) < 4.78 is 5.41. The van der Waals surface area contributed by atoms with Gasteiger partial charge in [0.15, 0.2) is 5.82 Å². The highest BCUT2D eigenvalue weighted by atomic mass is 16.5. The normalized spacial score (nSPS) is 13.9. The summed E-state index contributed by atoms with van der Waals surface area (Å²) in [6.07, 6.45) is 4.98. The minimum absolute atomic E-state index is 0.0756. The van der Waals surface area contributed by atoms with E-state index in [1.54, 1.807) is 11.9 Å². The summed E-state index contributed by atoms with van der Waals surface area (Å²) in [5.41, 5.74) is 3.23. The lowest BCUT2D eigenvalue weighted by Gasteiger charge is -2.20. The van der Waals surface area contributed by atoms with E-state index in [1.807, 2.05) is 60.4 Å². The lowest BCUT2D eigenvalue weighted by atomic mass is 10.1. The van der Waals surface area contributed by atoms with Gasteiger partial charge in [-0.25, -0.2) is 4.79 Å². The molecule has 3 amide bonds. The van der Waals surface area contributed by atoms with Crippen LogP contribution in [0.25, 0.3) is 11.5 Å². The standard InChI is InChI=1S/C26H31N5O3/c1-19-9-5-6-10-22(19)27-26(33)30(2)18-15-23-28-24(34-29-23)20-11-13-21(14-12-20)25(32)31-16-7-3-4-8-17-31/h5-6,9-14H,3-4,7-8,15-18H2,1-2H3,(H,27,33). The number of aryl methyl sites for hydroxylation is 1. The first-order valence-corrected chi connectivity index (χ1v) is 11.8. The van der Waals surface area contributed by atoms with E-state index in [4.69, 9.17) is 4.52 Å². The van der Waals surface area contributed by atoms with Crippen LogP contribution in [0.15, 0.2) is 53.1 Å². The van der Waals surface area contributed by atoms with Gasteiger partial charge < -0.3 is 19.6 Å². The number of urea groups is 1. The molecule has 0 aliphatic carbocycles. The summed E-state index contributed by atoms with van der Waals surface area (Å²) in [7, 11) is 1.73. The van der Waals surface area contributed by atoms with Gasteiger partial charge in [0.1, 0.15) is 0 Å². The second-order valence-electron chi connectivity index (χ2n) is 8.72. The van der Waals surface area contributed by atoms with Crippen molar-refractivity contribution in [1.29, 1.82) is 0 Å². The maximum atomic E-state index is 12.8. The summed E-state index contributed by atoms with van der Waals surface area (Å²) in [6, 6.07) is 14.8. The molecule has 8 heteroatoms. The van der Waals surface area contributed by atoms with Crippen LogP contribution in [0.5, 0.6) is 0 Å². The number of likely N-dealkylation sites (tertiary alicyclic amines) is 1. The van der Waals surface area contributed by atoms with Gasteiger partial charge in [0.2, 0.25) is 0 Å². The number of para-hydroxylation sites is 1. The van der Waals surface area contributed by atoms with Gasteiger partial charge in [-0.1, -0.05) is 36.2 Å². The van der Waals surface area contributed by atoms with Crippen LogP contribution in [0.1, 0.15) is 47.4 Å². The SMILES string of the molecule is Cc1ccccc1NC(=O)N(C)CCc1noc(-c2ccc(C(=O)N3CCCCCC3)cc2)n1. The fourth-order valence-electron chi connectivity index (χ4n) is 3.98. The number of nitrogens with one attached hydrogen (secondary N) is 1. The fraction of sp³-hybridized carbons (Fsp3) is 0.385. The molecule has 0 unspecified atom stereocenters. The first-order valence-electron chi connectivity index (χ1n) is 11.8. The van der Waals surface area contributed by atoms with Crippen molar-refractivity contribution in [2.24, 2.45) is 0 Å². The molecule has 4 rings (SSSR count). The zero-order chi connectivity index (χ0) is 23.9. The van der Waals surface area contributed by atoms with Gasteiger partial charge >= 0.3 is 6.03 Å². The van der Waals surface area contributed by atoms with Crippen LogP contribution in [0.2, 0.25) is 0 Å². The molecule has 1 fully saturated rings. The highest BCUT2D eigenvalue weighted by Crippen LogP contribution is 2.20. The van der Waals surface area contributed by atoms with Crippen LogP contribution < -0.4 is 5.32 Å². The van der Waals surface area contributed by atoms with Gasteiger partial charge in [-0.15, -0.1) is 0 Å². The third kappa shape index (κ3) is 5.81. The monoisotopic (exact) mass is 461 g/mol. The highest BCUT2D eigenvalue weighted by Gasteiger charge is 2.18. The van der Waals surface area contributed by atoms with Crippen LogP contribution in [0.4, 0.5) is 10.5 Å². The Bertz CT molecular complexity index is 1120. The first kappa shape index (κ1) is 23.5. The van der Waals surface area contributed by atoms with E-state index in [-0.39, 0.29) is 11.9 Å². The van der Waals surface area contributed by atoms with Crippen molar-refractivity contribution in [3.63, 3.8) is 0 Å². The predicted octanol–water partition coefficient (Wildman–Crippen LogP) is 4.77. The zero-order valence-corrected chi connectivity index (χ0v) is 19.8. The third-order valence-electron chi connectivity index (χ3n) is 6.14. The molecule has 2 aromatic carbocycles. The predicted molar refractivity (Wildman–Crippen MR) is 131 cm³/mol. The number of carbonyl (C=O) groups excluding carboxylic acids is 2. The van der Waals surface area contributed by atoms with E-state index in [0.717, 1.165) is 42.7 Å². The number of likely N-dealkylation sites (N-methyl/N-ethyl adjacent to an activating group) is 1. The largest absolute Gasteiger partial charge is 0.339 e. The van der Waals surface area contributed by atoms with Gasteiger partial charge in [-0.05, 0) is 55.7 Å². The Labute approximate surface area is 199 Å². The summed E-state index contributed by atoms with van der Waals surface area (Å²) >= 11 is 0. The van der Waals surface area contributed by atoms with Crippen LogP contribution in [0, 0.1) is 6.92 Å². The molecule has 1 aliphatic rings. The maximum Gasteiger partial charge on any atom is 0.321 e. The minimum Gasteiger partial charge on any atom is -0.339 e. The van der Waals surface area contributed by atoms with E-state index in [0.29, 0.717) is 30.2 Å². The second-order valence-corrected chi connectivity index (χ2v) is 8.72. The van der Waals surface area contributed by atoms with Crippen molar-refractivity contribution in [2.45, 2.75) is 39.0 Å². The minimum atomic E-state index is -0.192. The van der Waals surface area contributed by atoms with Gasteiger partial charge in [0, 0.05) is 49.9 Å².